The molecular formula is C60H45N4O+. The van der Waals surface area contributed by atoms with Gasteiger partial charge in [0.15, 0.2) is 11.0 Å². The van der Waals surface area contributed by atoms with Gasteiger partial charge in [0.25, 0.3) is 6.33 Å². The van der Waals surface area contributed by atoms with Crippen LogP contribution in [0.15, 0.2) is 206 Å². The Morgan fingerprint density at radius 1 is 0.631 bits per heavy atom. The van der Waals surface area contributed by atoms with Gasteiger partial charge in [-0.1, -0.05) is 154 Å². The van der Waals surface area contributed by atoms with Crippen molar-refractivity contribution in [3.63, 3.8) is 0 Å². The molecule has 13 rings (SSSR count). The summed E-state index contributed by atoms with van der Waals surface area (Å²) in [6.45, 7) is 6.51. The highest BCUT2D eigenvalue weighted by atomic mass is 16.5. The number of fused-ring (bicyclic) bond motifs is 13. The van der Waals surface area contributed by atoms with Crippen molar-refractivity contribution in [3.8, 4) is 22.9 Å². The third kappa shape index (κ3) is 5.92. The first kappa shape index (κ1) is 32.6. The van der Waals surface area contributed by atoms with Crippen LogP contribution in [-0.4, -0.2) is 15.6 Å². The van der Waals surface area contributed by atoms with Crippen LogP contribution in [0.1, 0.15) is 44.7 Å². The number of rotatable bonds is 5. The minimum Gasteiger partial charge on any atom is -0.457 e. The largest absolute Gasteiger partial charge is 0.457 e. The Kier molecular flexibility index (Phi) is 7.15. The first-order chi connectivity index (χ1) is 33.9. The summed E-state index contributed by atoms with van der Waals surface area (Å²) in [4.78, 5) is 8.09. The number of anilines is 2. The molecule has 0 bridgehead atoms. The fraction of sp³-hybridized carbons (Fsp3) is 0.100. The third-order valence-electron chi connectivity index (χ3n) is 13.4. The number of para-hydroxylation sites is 3. The molecule has 0 radical (unpaired) electrons. The Labute approximate surface area is 384 Å². The third-order valence-corrected chi connectivity index (χ3v) is 13.4. The number of nitrogens with zero attached hydrogens (tertiary/aromatic N) is 4. The van der Waals surface area contributed by atoms with Crippen molar-refractivity contribution in [2.24, 2.45) is 0 Å². The zero-order valence-electron chi connectivity index (χ0n) is 41.1. The molecule has 9 aromatic carbocycles. The second-order valence-electron chi connectivity index (χ2n) is 18.3. The number of hydrogen-bond donors (Lipinski definition) is 0. The summed E-state index contributed by atoms with van der Waals surface area (Å²) in [6.07, 6.45) is 10.7. The summed E-state index contributed by atoms with van der Waals surface area (Å²) in [5, 5.41) is 10.6. The molecule has 5 heteroatoms. The second kappa shape index (κ2) is 14.2. The number of aromatic nitrogens is 3. The number of benzene rings is 9. The monoisotopic (exact) mass is 842 g/mol. The zero-order chi connectivity index (χ0) is 47.7. The van der Waals surface area contributed by atoms with Crippen LogP contribution in [0.2, 0.25) is 0 Å². The maximum Gasteiger partial charge on any atom is 0.255 e. The first-order valence-electron chi connectivity index (χ1n) is 24.7. The van der Waals surface area contributed by atoms with Crippen LogP contribution < -0.4 is 14.2 Å². The molecule has 2 aliphatic rings. The number of ether oxygens (including phenoxy) is 1. The molecule has 1 aliphatic heterocycles. The molecule has 310 valence electrons. The Balaban J connectivity index is 0.985. The molecule has 0 amide bonds. The van der Waals surface area contributed by atoms with Gasteiger partial charge in [-0.2, -0.15) is 9.13 Å². The van der Waals surface area contributed by atoms with Gasteiger partial charge in [-0.3, -0.25) is 0 Å². The van der Waals surface area contributed by atoms with Crippen molar-refractivity contribution in [1.82, 2.24) is 9.55 Å². The van der Waals surface area contributed by atoms with E-state index in [4.69, 9.17) is 16.6 Å². The standard InChI is InChI=1S/C60H45N4O/c1-60(2,3)41-33-43(63-37-62(42-17-5-4-6-18-42)53-23-13-14-24-54(53)63)35-45(34-41)65-44-29-31-49-48-21-11-12-22-52(48)64(55(49)36-44)59-50-30-27-39-16-8-10-20-47(39)57(50)58-51(61-59)32-28-40-26-25-38-15-7-9-19-46(38)56(40)58/h4-37,48,52H,1-3H3/q+1/i4D,5D,6D,17D,18D. The van der Waals surface area contributed by atoms with E-state index in [-0.39, 0.29) is 47.2 Å². The van der Waals surface area contributed by atoms with Gasteiger partial charge in [0, 0.05) is 34.2 Å². The molecule has 11 aromatic rings. The summed E-state index contributed by atoms with van der Waals surface area (Å²) in [6, 6.07) is 49.2. The average Bonchev–Trinajstić information content (AvgIpc) is 3.92. The van der Waals surface area contributed by atoms with Crippen LogP contribution in [0.4, 0.5) is 11.5 Å². The number of allylic oxidation sites excluding steroid dienone is 2. The lowest BCUT2D eigenvalue weighted by molar-refractivity contribution is -0.567. The fourth-order valence-electron chi connectivity index (χ4n) is 10.4. The maximum absolute atomic E-state index is 8.84. The van der Waals surface area contributed by atoms with E-state index in [0.717, 1.165) is 44.6 Å². The van der Waals surface area contributed by atoms with Crippen LogP contribution in [0, 0.1) is 0 Å². The van der Waals surface area contributed by atoms with Crippen molar-refractivity contribution in [2.45, 2.75) is 38.1 Å². The van der Waals surface area contributed by atoms with Gasteiger partial charge < -0.3 is 9.64 Å². The molecule has 0 saturated heterocycles. The van der Waals surface area contributed by atoms with Gasteiger partial charge in [-0.05, 0) is 103 Å². The molecule has 2 aromatic heterocycles. The van der Waals surface area contributed by atoms with Crippen LogP contribution in [0.3, 0.4) is 0 Å². The predicted molar refractivity (Wildman–Crippen MR) is 269 cm³/mol. The molecule has 1 aliphatic carbocycles. The number of pyridine rings is 1. The van der Waals surface area contributed by atoms with Gasteiger partial charge in [-0.25, -0.2) is 4.98 Å². The predicted octanol–water partition coefficient (Wildman–Crippen LogP) is 14.9. The Morgan fingerprint density at radius 2 is 1.35 bits per heavy atom. The van der Waals surface area contributed by atoms with Crippen molar-refractivity contribution in [3.05, 3.63) is 218 Å². The Bertz CT molecular complexity index is 4100. The van der Waals surface area contributed by atoms with Crippen molar-refractivity contribution in [2.75, 3.05) is 4.90 Å². The summed E-state index contributed by atoms with van der Waals surface area (Å²) in [7, 11) is 0. The van der Waals surface area contributed by atoms with Gasteiger partial charge in [0.1, 0.15) is 28.7 Å². The maximum atomic E-state index is 8.84. The van der Waals surface area contributed by atoms with Crippen LogP contribution in [0.25, 0.3) is 76.4 Å². The highest BCUT2D eigenvalue weighted by molar-refractivity contribution is 6.32. The van der Waals surface area contributed by atoms with E-state index in [9.17, 15) is 0 Å². The average molecular weight is 843 g/mol. The van der Waals surface area contributed by atoms with Gasteiger partial charge in [0.05, 0.1) is 24.1 Å². The van der Waals surface area contributed by atoms with E-state index in [1.165, 1.54) is 43.3 Å². The summed E-state index contributed by atoms with van der Waals surface area (Å²) < 4.78 is 53.5. The molecule has 0 fully saturated rings. The lowest BCUT2D eigenvalue weighted by Crippen LogP contribution is -2.29. The van der Waals surface area contributed by atoms with E-state index < -0.39 is 6.04 Å². The fourth-order valence-corrected chi connectivity index (χ4v) is 10.4. The lowest BCUT2D eigenvalue weighted by atomic mass is 9.86. The van der Waals surface area contributed by atoms with Crippen LogP contribution in [0.5, 0.6) is 11.5 Å². The first-order valence-corrected chi connectivity index (χ1v) is 22.2. The normalized spacial score (nSPS) is 16.8. The topological polar surface area (TPSA) is 34.2 Å². The van der Waals surface area contributed by atoms with E-state index in [1.807, 2.05) is 34.9 Å². The summed E-state index contributed by atoms with van der Waals surface area (Å²) >= 11 is 0. The number of hydrogen-bond acceptors (Lipinski definition) is 3. The Hall–Kier alpha value is -8.02. The van der Waals surface area contributed by atoms with E-state index in [1.54, 1.807) is 10.9 Å². The highest BCUT2D eigenvalue weighted by Crippen LogP contribution is 2.52. The Morgan fingerprint density at radius 3 is 2.18 bits per heavy atom. The van der Waals surface area contributed by atoms with Crippen LogP contribution >= 0.6 is 0 Å². The molecule has 2 unspecified atom stereocenters. The van der Waals surface area contributed by atoms with E-state index in [0.29, 0.717) is 17.0 Å². The van der Waals surface area contributed by atoms with Crippen molar-refractivity contribution in [1.29, 1.82) is 0 Å². The number of imidazole rings is 1. The van der Waals surface area contributed by atoms with Crippen molar-refractivity contribution < 1.29 is 16.2 Å². The molecule has 0 spiro atoms. The second-order valence-corrected chi connectivity index (χ2v) is 18.3. The van der Waals surface area contributed by atoms with Gasteiger partial charge in [-0.15, -0.1) is 0 Å². The van der Waals surface area contributed by atoms with Gasteiger partial charge >= 0.3 is 0 Å². The molecule has 2 atom stereocenters. The quantitative estimate of drug-likeness (QED) is 0.128. The van der Waals surface area contributed by atoms with E-state index in [2.05, 4.69) is 165 Å². The molecule has 0 saturated carbocycles. The molecular weight excluding hydrogens is 793 g/mol. The van der Waals surface area contributed by atoms with Crippen molar-refractivity contribution >= 4 is 76.5 Å². The molecule has 5 nitrogen and oxygen atoms in total. The van der Waals surface area contributed by atoms with Gasteiger partial charge in [0.2, 0.25) is 0 Å². The smallest absolute Gasteiger partial charge is 0.255 e. The summed E-state index contributed by atoms with van der Waals surface area (Å²) in [5.41, 5.74) is 6.30. The zero-order valence-corrected chi connectivity index (χ0v) is 36.1. The minimum absolute atomic E-state index is 0.0243. The SMILES string of the molecule is [2H]c1c([2H])c([2H])c(-[n+]2cn(-c3cc(Oc4ccc5c(c4)N(c4nc6ccc7ccc8ccccc8c7c6c6c4ccc4ccccc46)C4C=CC=CC54)cc(C(C)(C)C)c3)c3ccccc32)c([2H])c1[2H]. The lowest BCUT2D eigenvalue weighted by Gasteiger charge is -2.29. The van der Waals surface area contributed by atoms with Crippen LogP contribution in [-0.2, 0) is 5.41 Å². The molecule has 65 heavy (non-hydrogen) atoms. The minimum atomic E-state index is -0.429. The summed E-state index contributed by atoms with van der Waals surface area (Å²) in [5.74, 6) is 2.29. The molecule has 0 N–H and O–H groups in total. The molecule has 3 heterocycles. The highest BCUT2D eigenvalue weighted by Gasteiger charge is 2.39. The van der Waals surface area contributed by atoms with E-state index >= 15 is 0 Å².